The zero-order valence-corrected chi connectivity index (χ0v) is 12.6. The van der Waals surface area contributed by atoms with Gasteiger partial charge in [0.25, 0.3) is 5.91 Å². The number of alkyl carbamates (subject to hydrolysis) is 1. The van der Waals surface area contributed by atoms with Gasteiger partial charge < -0.3 is 19.7 Å². The van der Waals surface area contributed by atoms with Crippen LogP contribution in [-0.2, 0) is 9.53 Å². The number of amides is 2. The van der Waals surface area contributed by atoms with Gasteiger partial charge in [-0.2, -0.15) is 0 Å². The predicted molar refractivity (Wildman–Crippen MR) is 79.7 cm³/mol. The van der Waals surface area contributed by atoms with Gasteiger partial charge in [0.1, 0.15) is 11.4 Å². The van der Waals surface area contributed by atoms with Crippen LogP contribution in [0.15, 0.2) is 24.3 Å². The highest BCUT2D eigenvalue weighted by molar-refractivity contribution is 5.78. The van der Waals surface area contributed by atoms with Gasteiger partial charge in [-0.3, -0.25) is 4.79 Å². The Labute approximate surface area is 129 Å². The Balaban J connectivity index is 1.48. The minimum atomic E-state index is -0.425. The van der Waals surface area contributed by atoms with Crippen molar-refractivity contribution in [2.75, 3.05) is 26.2 Å². The molecule has 1 N–H and O–H groups in total. The third-order valence-corrected chi connectivity index (χ3v) is 4.27. The summed E-state index contributed by atoms with van der Waals surface area (Å²) in [5, 5.41) is 2.69. The molecule has 2 saturated heterocycles. The maximum absolute atomic E-state index is 12.2. The summed E-state index contributed by atoms with van der Waals surface area (Å²) >= 11 is 0. The van der Waals surface area contributed by atoms with E-state index in [1.54, 1.807) is 4.90 Å². The van der Waals surface area contributed by atoms with Gasteiger partial charge >= 0.3 is 6.09 Å². The van der Waals surface area contributed by atoms with Gasteiger partial charge in [0.15, 0.2) is 6.61 Å². The molecule has 118 valence electrons. The minimum Gasteiger partial charge on any atom is -0.484 e. The maximum Gasteiger partial charge on any atom is 0.407 e. The largest absolute Gasteiger partial charge is 0.484 e. The maximum atomic E-state index is 12.2. The van der Waals surface area contributed by atoms with Crippen molar-refractivity contribution >= 4 is 12.0 Å². The molecule has 0 bridgehead atoms. The molecule has 0 saturated carbocycles. The summed E-state index contributed by atoms with van der Waals surface area (Å²) in [5.74, 6) is 0.661. The number of carbonyl (C=O) groups is 2. The van der Waals surface area contributed by atoms with Crippen LogP contribution >= 0.6 is 0 Å². The van der Waals surface area contributed by atoms with E-state index in [1.165, 1.54) is 0 Å². The summed E-state index contributed by atoms with van der Waals surface area (Å²) in [7, 11) is 0. The Morgan fingerprint density at radius 1 is 1.32 bits per heavy atom. The number of ether oxygens (including phenoxy) is 2. The van der Waals surface area contributed by atoms with Crippen molar-refractivity contribution in [3.63, 3.8) is 0 Å². The first kappa shape index (κ1) is 14.7. The molecule has 2 heterocycles. The lowest BCUT2D eigenvalue weighted by Gasteiger charge is -2.37. The first-order valence-electron chi connectivity index (χ1n) is 7.50. The molecule has 6 heteroatoms. The molecule has 2 amide bonds. The molecule has 0 radical (unpaired) electrons. The van der Waals surface area contributed by atoms with Crippen molar-refractivity contribution in [3.05, 3.63) is 29.8 Å². The monoisotopic (exact) mass is 304 g/mol. The van der Waals surface area contributed by atoms with Gasteiger partial charge in [-0.1, -0.05) is 17.7 Å². The van der Waals surface area contributed by atoms with Gasteiger partial charge in [0.2, 0.25) is 0 Å². The number of piperidine rings is 1. The Morgan fingerprint density at radius 2 is 2.00 bits per heavy atom. The van der Waals surface area contributed by atoms with Crippen LogP contribution in [-0.4, -0.2) is 48.7 Å². The Bertz CT molecular complexity index is 562. The van der Waals surface area contributed by atoms with Crippen LogP contribution in [0.1, 0.15) is 18.4 Å². The number of nitrogens with zero attached hydrogens (tertiary/aromatic N) is 1. The highest BCUT2D eigenvalue weighted by Gasteiger charge is 2.43. The average Bonchev–Trinajstić information content (AvgIpc) is 2.88. The van der Waals surface area contributed by atoms with E-state index in [4.69, 9.17) is 9.47 Å². The number of likely N-dealkylation sites (tertiary alicyclic amines) is 1. The van der Waals surface area contributed by atoms with Crippen molar-refractivity contribution in [1.82, 2.24) is 10.2 Å². The number of nitrogens with one attached hydrogen (secondary N) is 1. The van der Waals surface area contributed by atoms with Gasteiger partial charge in [0, 0.05) is 25.9 Å². The number of rotatable bonds is 3. The molecule has 1 aromatic carbocycles. The lowest BCUT2D eigenvalue weighted by atomic mass is 9.91. The third kappa shape index (κ3) is 3.16. The second-order valence-electron chi connectivity index (χ2n) is 5.91. The number of carbonyl (C=O) groups excluding carboxylic acids is 2. The third-order valence-electron chi connectivity index (χ3n) is 4.27. The van der Waals surface area contributed by atoms with Crippen LogP contribution in [0, 0.1) is 6.92 Å². The Morgan fingerprint density at radius 3 is 2.59 bits per heavy atom. The molecule has 6 nitrogen and oxygen atoms in total. The molecule has 1 aromatic rings. The van der Waals surface area contributed by atoms with Crippen molar-refractivity contribution < 1.29 is 19.1 Å². The zero-order chi connectivity index (χ0) is 15.6. The summed E-state index contributed by atoms with van der Waals surface area (Å²) in [6.45, 7) is 3.75. The van der Waals surface area contributed by atoms with Gasteiger partial charge in [-0.15, -0.1) is 0 Å². The standard InChI is InChI=1S/C16H20N2O4/c1-12-2-4-13(5-3-12)21-10-14(19)18-8-6-16(7-9-18)11-17-15(20)22-16/h2-5H,6-11H2,1H3,(H,17,20). The van der Waals surface area contributed by atoms with Crippen molar-refractivity contribution in [2.45, 2.75) is 25.4 Å². The van der Waals surface area contributed by atoms with E-state index in [9.17, 15) is 9.59 Å². The van der Waals surface area contributed by atoms with Crippen LogP contribution in [0.2, 0.25) is 0 Å². The second-order valence-corrected chi connectivity index (χ2v) is 5.91. The lowest BCUT2D eigenvalue weighted by molar-refractivity contribution is -0.136. The predicted octanol–water partition coefficient (Wildman–Crippen LogP) is 1.47. The summed E-state index contributed by atoms with van der Waals surface area (Å²) in [6, 6.07) is 7.62. The molecular weight excluding hydrogens is 284 g/mol. The van der Waals surface area contributed by atoms with E-state index in [0.717, 1.165) is 5.56 Å². The highest BCUT2D eigenvalue weighted by Crippen LogP contribution is 2.29. The molecule has 2 aliphatic rings. The molecule has 2 fully saturated rings. The molecular formula is C16H20N2O4. The highest BCUT2D eigenvalue weighted by atomic mass is 16.6. The number of benzene rings is 1. The van der Waals surface area contributed by atoms with E-state index in [1.807, 2.05) is 31.2 Å². The molecule has 1 spiro atoms. The molecule has 0 aromatic heterocycles. The van der Waals surface area contributed by atoms with Crippen molar-refractivity contribution in [1.29, 1.82) is 0 Å². The van der Waals surface area contributed by atoms with E-state index in [0.29, 0.717) is 38.2 Å². The summed E-state index contributed by atoms with van der Waals surface area (Å²) in [6.07, 6.45) is 0.979. The van der Waals surface area contributed by atoms with Gasteiger partial charge in [0.05, 0.1) is 6.54 Å². The average molecular weight is 304 g/mol. The molecule has 2 aliphatic heterocycles. The normalized spacial score (nSPS) is 19.7. The summed E-state index contributed by atoms with van der Waals surface area (Å²) in [4.78, 5) is 25.1. The molecule has 0 aliphatic carbocycles. The number of hydrogen-bond acceptors (Lipinski definition) is 4. The second kappa shape index (κ2) is 5.87. The van der Waals surface area contributed by atoms with Gasteiger partial charge in [-0.05, 0) is 19.1 Å². The summed E-state index contributed by atoms with van der Waals surface area (Å²) in [5.41, 5.74) is 0.728. The fraction of sp³-hybridized carbons (Fsp3) is 0.500. The zero-order valence-electron chi connectivity index (χ0n) is 12.6. The van der Waals surface area contributed by atoms with Crippen molar-refractivity contribution in [2.24, 2.45) is 0 Å². The fourth-order valence-electron chi connectivity index (χ4n) is 2.82. The minimum absolute atomic E-state index is 0.0345. The summed E-state index contributed by atoms with van der Waals surface area (Å²) < 4.78 is 10.9. The topological polar surface area (TPSA) is 67.9 Å². The number of hydrogen-bond donors (Lipinski definition) is 1. The Hall–Kier alpha value is -2.24. The number of aryl methyl sites for hydroxylation is 1. The van der Waals surface area contributed by atoms with E-state index in [-0.39, 0.29) is 18.6 Å². The molecule has 3 rings (SSSR count). The first-order chi connectivity index (χ1) is 10.6. The van der Waals surface area contributed by atoms with E-state index < -0.39 is 5.60 Å². The van der Waals surface area contributed by atoms with Crippen LogP contribution in [0.5, 0.6) is 5.75 Å². The van der Waals surface area contributed by atoms with Crippen LogP contribution in [0.4, 0.5) is 4.79 Å². The Kier molecular flexibility index (Phi) is 3.92. The van der Waals surface area contributed by atoms with Crippen molar-refractivity contribution in [3.8, 4) is 5.75 Å². The van der Waals surface area contributed by atoms with E-state index >= 15 is 0 Å². The molecule has 0 atom stereocenters. The smallest absolute Gasteiger partial charge is 0.407 e. The van der Waals surface area contributed by atoms with Gasteiger partial charge in [-0.25, -0.2) is 4.79 Å². The SMILES string of the molecule is Cc1ccc(OCC(=O)N2CCC3(CC2)CNC(=O)O3)cc1. The van der Waals surface area contributed by atoms with Crippen LogP contribution < -0.4 is 10.1 Å². The quantitative estimate of drug-likeness (QED) is 0.918. The van der Waals surface area contributed by atoms with E-state index in [2.05, 4.69) is 5.32 Å². The fourth-order valence-corrected chi connectivity index (χ4v) is 2.82. The van der Waals surface area contributed by atoms with Crippen LogP contribution in [0.25, 0.3) is 0 Å². The molecule has 0 unspecified atom stereocenters. The lowest BCUT2D eigenvalue weighted by Crippen LogP contribution is -2.49. The molecule has 22 heavy (non-hydrogen) atoms. The van der Waals surface area contributed by atoms with Crippen LogP contribution in [0.3, 0.4) is 0 Å². The first-order valence-corrected chi connectivity index (χ1v) is 7.50.